The molecule has 1 saturated heterocycles. The molecule has 0 saturated carbocycles. The summed E-state index contributed by atoms with van der Waals surface area (Å²) in [6, 6.07) is 4.14. The van der Waals surface area contributed by atoms with E-state index in [2.05, 4.69) is 23.2 Å². The number of halogens is 1. The van der Waals surface area contributed by atoms with Gasteiger partial charge in [0.2, 0.25) is 0 Å². The molecule has 0 amide bonds. The van der Waals surface area contributed by atoms with E-state index < -0.39 is 0 Å². The van der Waals surface area contributed by atoms with E-state index in [9.17, 15) is 0 Å². The van der Waals surface area contributed by atoms with Crippen LogP contribution in [-0.4, -0.2) is 44.7 Å². The number of piperazine rings is 1. The number of hydrogen-bond donors (Lipinski definition) is 1. The Kier molecular flexibility index (Phi) is 4.87. The van der Waals surface area contributed by atoms with Crippen molar-refractivity contribution in [3.05, 3.63) is 28.3 Å². The second kappa shape index (κ2) is 6.41. The molecular weight excluding hydrogens is 248 g/mol. The average molecular weight is 269 g/mol. The van der Waals surface area contributed by atoms with Crippen LogP contribution in [0.3, 0.4) is 0 Å². The third-order valence-electron chi connectivity index (χ3n) is 3.39. The van der Waals surface area contributed by atoms with Crippen molar-refractivity contribution >= 4 is 11.6 Å². The molecule has 0 bridgehead atoms. The summed E-state index contributed by atoms with van der Waals surface area (Å²) in [6.07, 6.45) is 0.983. The summed E-state index contributed by atoms with van der Waals surface area (Å²) >= 11 is 6.34. The highest BCUT2D eigenvalue weighted by molar-refractivity contribution is 6.32. The predicted octanol–water partition coefficient (Wildman–Crippen LogP) is 2.10. The number of benzene rings is 1. The summed E-state index contributed by atoms with van der Waals surface area (Å²) in [5.41, 5.74) is 2.39. The molecule has 1 heterocycles. The molecule has 1 aliphatic rings. The molecule has 18 heavy (non-hydrogen) atoms. The quantitative estimate of drug-likeness (QED) is 0.905. The lowest BCUT2D eigenvalue weighted by molar-refractivity contribution is 0.244. The molecule has 2 rings (SSSR count). The van der Waals surface area contributed by atoms with Crippen molar-refractivity contribution in [2.24, 2.45) is 0 Å². The van der Waals surface area contributed by atoms with Crippen LogP contribution in [0.4, 0.5) is 0 Å². The highest BCUT2D eigenvalue weighted by Crippen LogP contribution is 2.30. The molecule has 100 valence electrons. The summed E-state index contributed by atoms with van der Waals surface area (Å²) < 4.78 is 5.30. The molecule has 0 aromatic heterocycles. The first-order chi connectivity index (χ1) is 8.70. The van der Waals surface area contributed by atoms with E-state index in [4.69, 9.17) is 16.3 Å². The number of nitrogens with zero attached hydrogens (tertiary/aromatic N) is 1. The number of aryl methyl sites for hydroxylation is 1. The Bertz CT molecular complexity index is 403. The SMILES string of the molecule is COc1cc(C)cc(CCN2CCNCC2)c1Cl. The fourth-order valence-electron chi connectivity index (χ4n) is 2.35. The molecule has 0 spiro atoms. The van der Waals surface area contributed by atoms with Crippen molar-refractivity contribution in [1.29, 1.82) is 0 Å². The first-order valence-electron chi connectivity index (χ1n) is 6.47. The van der Waals surface area contributed by atoms with Gasteiger partial charge in [-0.15, -0.1) is 0 Å². The van der Waals surface area contributed by atoms with Crippen LogP contribution in [0.1, 0.15) is 11.1 Å². The second-order valence-corrected chi connectivity index (χ2v) is 5.16. The van der Waals surface area contributed by atoms with Gasteiger partial charge in [0.15, 0.2) is 0 Å². The zero-order chi connectivity index (χ0) is 13.0. The molecule has 1 N–H and O–H groups in total. The molecule has 0 unspecified atom stereocenters. The topological polar surface area (TPSA) is 24.5 Å². The Balaban J connectivity index is 2.01. The minimum atomic E-state index is 0.762. The monoisotopic (exact) mass is 268 g/mol. The van der Waals surface area contributed by atoms with Crippen molar-refractivity contribution in [2.45, 2.75) is 13.3 Å². The molecule has 3 nitrogen and oxygen atoms in total. The van der Waals surface area contributed by atoms with Crippen LogP contribution in [-0.2, 0) is 6.42 Å². The van der Waals surface area contributed by atoms with E-state index in [1.807, 2.05) is 6.07 Å². The average Bonchev–Trinajstić information content (AvgIpc) is 2.40. The fraction of sp³-hybridized carbons (Fsp3) is 0.571. The van der Waals surface area contributed by atoms with Crippen LogP contribution in [0.15, 0.2) is 12.1 Å². The van der Waals surface area contributed by atoms with E-state index in [0.29, 0.717) is 0 Å². The third-order valence-corrected chi connectivity index (χ3v) is 3.81. The standard InChI is InChI=1S/C14H21ClN2O/c1-11-9-12(14(15)13(10-11)18-2)3-6-17-7-4-16-5-8-17/h9-10,16H,3-8H2,1-2H3. The first-order valence-corrected chi connectivity index (χ1v) is 6.84. The van der Waals surface area contributed by atoms with Crippen molar-refractivity contribution in [2.75, 3.05) is 39.8 Å². The van der Waals surface area contributed by atoms with Gasteiger partial charge in [-0.25, -0.2) is 0 Å². The minimum absolute atomic E-state index is 0.762. The summed E-state index contributed by atoms with van der Waals surface area (Å²) in [5.74, 6) is 0.784. The fourth-order valence-corrected chi connectivity index (χ4v) is 2.63. The predicted molar refractivity (Wildman–Crippen MR) is 75.8 cm³/mol. The maximum atomic E-state index is 6.34. The molecule has 0 atom stereocenters. The maximum absolute atomic E-state index is 6.34. The molecule has 0 aliphatic carbocycles. The van der Waals surface area contributed by atoms with Crippen molar-refractivity contribution in [1.82, 2.24) is 10.2 Å². The van der Waals surface area contributed by atoms with E-state index in [1.165, 1.54) is 11.1 Å². The van der Waals surface area contributed by atoms with Crippen molar-refractivity contribution < 1.29 is 4.74 Å². The minimum Gasteiger partial charge on any atom is -0.495 e. The van der Waals surface area contributed by atoms with Crippen LogP contribution in [0.5, 0.6) is 5.75 Å². The van der Waals surface area contributed by atoms with Crippen molar-refractivity contribution in [3.63, 3.8) is 0 Å². The number of rotatable bonds is 4. The Morgan fingerprint density at radius 3 is 2.72 bits per heavy atom. The molecule has 1 aromatic carbocycles. The summed E-state index contributed by atoms with van der Waals surface area (Å²) in [5, 5.41) is 4.13. The Labute approximate surface area is 114 Å². The molecule has 1 aromatic rings. The Hall–Kier alpha value is -0.770. The lowest BCUT2D eigenvalue weighted by Gasteiger charge is -2.27. The van der Waals surface area contributed by atoms with E-state index in [0.717, 1.165) is 49.9 Å². The number of ether oxygens (including phenoxy) is 1. The summed E-state index contributed by atoms with van der Waals surface area (Å²) in [7, 11) is 1.67. The molecular formula is C14H21ClN2O. The van der Waals surface area contributed by atoms with Gasteiger partial charge in [0, 0.05) is 32.7 Å². The zero-order valence-electron chi connectivity index (χ0n) is 11.1. The van der Waals surface area contributed by atoms with Crippen LogP contribution < -0.4 is 10.1 Å². The Morgan fingerprint density at radius 2 is 2.06 bits per heavy atom. The van der Waals surface area contributed by atoms with Gasteiger partial charge in [-0.2, -0.15) is 0 Å². The zero-order valence-corrected chi connectivity index (χ0v) is 11.9. The van der Waals surface area contributed by atoms with Gasteiger partial charge in [-0.1, -0.05) is 17.7 Å². The molecule has 4 heteroatoms. The van der Waals surface area contributed by atoms with E-state index in [1.54, 1.807) is 7.11 Å². The largest absolute Gasteiger partial charge is 0.495 e. The van der Waals surface area contributed by atoms with Crippen molar-refractivity contribution in [3.8, 4) is 5.75 Å². The first kappa shape index (κ1) is 13.7. The van der Waals surface area contributed by atoms with Gasteiger partial charge in [0.1, 0.15) is 5.75 Å². The number of methoxy groups -OCH3 is 1. The van der Waals surface area contributed by atoms with Crippen LogP contribution in [0.25, 0.3) is 0 Å². The summed E-state index contributed by atoms with van der Waals surface area (Å²) in [4.78, 5) is 2.47. The van der Waals surface area contributed by atoms with Crippen LogP contribution >= 0.6 is 11.6 Å². The lowest BCUT2D eigenvalue weighted by atomic mass is 10.1. The van der Waals surface area contributed by atoms with Gasteiger partial charge in [0.25, 0.3) is 0 Å². The van der Waals surface area contributed by atoms with Gasteiger partial charge < -0.3 is 15.0 Å². The smallest absolute Gasteiger partial charge is 0.137 e. The summed E-state index contributed by atoms with van der Waals surface area (Å²) in [6.45, 7) is 7.57. The van der Waals surface area contributed by atoms with Crippen LogP contribution in [0, 0.1) is 6.92 Å². The van der Waals surface area contributed by atoms with Crippen LogP contribution in [0.2, 0.25) is 5.02 Å². The van der Waals surface area contributed by atoms with E-state index >= 15 is 0 Å². The molecule has 0 radical (unpaired) electrons. The van der Waals surface area contributed by atoms with Gasteiger partial charge in [0.05, 0.1) is 12.1 Å². The van der Waals surface area contributed by atoms with Gasteiger partial charge in [-0.05, 0) is 30.5 Å². The molecule has 1 fully saturated rings. The second-order valence-electron chi connectivity index (χ2n) is 4.78. The van der Waals surface area contributed by atoms with E-state index in [-0.39, 0.29) is 0 Å². The highest BCUT2D eigenvalue weighted by atomic mass is 35.5. The maximum Gasteiger partial charge on any atom is 0.137 e. The van der Waals surface area contributed by atoms with Gasteiger partial charge in [-0.3, -0.25) is 0 Å². The number of hydrogen-bond acceptors (Lipinski definition) is 3. The Morgan fingerprint density at radius 1 is 1.33 bits per heavy atom. The highest BCUT2D eigenvalue weighted by Gasteiger charge is 2.12. The van der Waals surface area contributed by atoms with Gasteiger partial charge >= 0.3 is 0 Å². The normalized spacial score (nSPS) is 16.8. The third kappa shape index (κ3) is 3.37. The number of nitrogens with one attached hydrogen (secondary N) is 1. The lowest BCUT2D eigenvalue weighted by Crippen LogP contribution is -2.44. The molecule has 1 aliphatic heterocycles.